The molecule has 16 heavy (non-hydrogen) atoms. The van der Waals surface area contributed by atoms with E-state index in [9.17, 15) is 8.42 Å². The molecule has 94 valence electrons. The van der Waals surface area contributed by atoms with Gasteiger partial charge in [-0.05, 0) is 31.2 Å². The Hall–Kier alpha value is -0.130. The molecule has 2 aliphatic rings. The van der Waals surface area contributed by atoms with E-state index in [4.69, 9.17) is 0 Å². The lowest BCUT2D eigenvalue weighted by Crippen LogP contribution is -2.47. The Morgan fingerprint density at radius 2 is 2.12 bits per heavy atom. The van der Waals surface area contributed by atoms with Crippen molar-refractivity contribution < 1.29 is 8.42 Å². The number of rotatable bonds is 2. The fourth-order valence-corrected chi connectivity index (χ4v) is 4.76. The van der Waals surface area contributed by atoms with Gasteiger partial charge in [-0.2, -0.15) is 0 Å². The maximum atomic E-state index is 12.4. The largest absolute Gasteiger partial charge is 0.315 e. The number of nitrogens with zero attached hydrogens (tertiary/aromatic N) is 1. The van der Waals surface area contributed by atoms with Crippen LogP contribution < -0.4 is 5.32 Å². The quantitative estimate of drug-likeness (QED) is 0.784. The van der Waals surface area contributed by atoms with Crippen LogP contribution in [0.2, 0.25) is 0 Å². The van der Waals surface area contributed by atoms with Gasteiger partial charge in [-0.25, -0.2) is 12.7 Å². The molecule has 0 aromatic rings. The van der Waals surface area contributed by atoms with E-state index in [-0.39, 0.29) is 10.7 Å². The third kappa shape index (κ3) is 2.41. The molecular weight excluding hydrogens is 224 g/mol. The molecule has 0 bridgehead atoms. The van der Waals surface area contributed by atoms with Crippen LogP contribution in [-0.2, 0) is 10.0 Å². The highest BCUT2D eigenvalue weighted by Gasteiger charge is 2.38. The molecule has 1 unspecified atom stereocenters. The lowest BCUT2D eigenvalue weighted by Gasteiger charge is -2.38. The highest BCUT2D eigenvalue weighted by atomic mass is 32.2. The molecule has 1 N–H and O–H groups in total. The minimum absolute atomic E-state index is 0.136. The van der Waals surface area contributed by atoms with E-state index in [1.807, 2.05) is 0 Å². The molecule has 2 aliphatic heterocycles. The highest BCUT2D eigenvalue weighted by Crippen LogP contribution is 2.31. The van der Waals surface area contributed by atoms with Crippen LogP contribution in [0.5, 0.6) is 0 Å². The molecule has 2 saturated heterocycles. The molecule has 5 heteroatoms. The lowest BCUT2D eigenvalue weighted by atomic mass is 9.85. The summed E-state index contributed by atoms with van der Waals surface area (Å²) in [5.41, 5.74) is 0.136. The van der Waals surface area contributed by atoms with Gasteiger partial charge in [0.1, 0.15) is 0 Å². The third-order valence-electron chi connectivity index (χ3n) is 3.66. The molecule has 0 aliphatic carbocycles. The van der Waals surface area contributed by atoms with Crippen molar-refractivity contribution in [2.75, 3.05) is 26.2 Å². The molecule has 0 amide bonds. The summed E-state index contributed by atoms with van der Waals surface area (Å²) in [6.07, 6.45) is 2.88. The Morgan fingerprint density at radius 1 is 1.38 bits per heavy atom. The van der Waals surface area contributed by atoms with E-state index in [1.54, 1.807) is 4.31 Å². The fraction of sp³-hybridized carbons (Fsp3) is 1.00. The van der Waals surface area contributed by atoms with Gasteiger partial charge in [0.25, 0.3) is 0 Å². The predicted molar refractivity (Wildman–Crippen MR) is 64.8 cm³/mol. The van der Waals surface area contributed by atoms with Gasteiger partial charge in [0, 0.05) is 19.6 Å². The van der Waals surface area contributed by atoms with Crippen molar-refractivity contribution in [1.82, 2.24) is 9.62 Å². The van der Waals surface area contributed by atoms with Crippen molar-refractivity contribution in [3.63, 3.8) is 0 Å². The topological polar surface area (TPSA) is 49.4 Å². The first-order chi connectivity index (χ1) is 7.42. The van der Waals surface area contributed by atoms with Gasteiger partial charge in [0.15, 0.2) is 0 Å². The van der Waals surface area contributed by atoms with Crippen LogP contribution in [0.25, 0.3) is 0 Å². The molecule has 1 atom stereocenters. The van der Waals surface area contributed by atoms with Crippen molar-refractivity contribution in [3.05, 3.63) is 0 Å². The SMILES string of the molecule is CC1(C)CCCN(S(=O)(=O)C2CCNC2)C1. The minimum atomic E-state index is -3.06. The van der Waals surface area contributed by atoms with Crippen LogP contribution in [0, 0.1) is 5.41 Å². The smallest absolute Gasteiger partial charge is 0.218 e. The van der Waals surface area contributed by atoms with Crippen molar-refractivity contribution in [2.24, 2.45) is 5.41 Å². The summed E-state index contributed by atoms with van der Waals surface area (Å²) in [6.45, 7) is 7.16. The van der Waals surface area contributed by atoms with Crippen molar-refractivity contribution >= 4 is 10.0 Å². The zero-order valence-corrected chi connectivity index (χ0v) is 11.0. The zero-order chi connectivity index (χ0) is 11.8. The Bertz CT molecular complexity index is 345. The van der Waals surface area contributed by atoms with Crippen molar-refractivity contribution in [1.29, 1.82) is 0 Å². The van der Waals surface area contributed by atoms with Gasteiger partial charge in [-0.1, -0.05) is 13.8 Å². The second-order valence-corrected chi connectivity index (χ2v) is 7.97. The van der Waals surface area contributed by atoms with E-state index in [1.165, 1.54) is 0 Å². The number of nitrogens with one attached hydrogen (secondary N) is 1. The van der Waals surface area contributed by atoms with Crippen molar-refractivity contribution in [3.8, 4) is 0 Å². The Kier molecular flexibility index (Phi) is 3.29. The number of hydrogen-bond donors (Lipinski definition) is 1. The van der Waals surface area contributed by atoms with Gasteiger partial charge in [-0.15, -0.1) is 0 Å². The molecule has 0 radical (unpaired) electrons. The first kappa shape index (κ1) is 12.3. The molecule has 0 aromatic carbocycles. The molecule has 0 saturated carbocycles. The average Bonchev–Trinajstić information content (AvgIpc) is 2.69. The second kappa shape index (κ2) is 4.27. The second-order valence-electron chi connectivity index (χ2n) is 5.76. The van der Waals surface area contributed by atoms with Crippen LogP contribution in [-0.4, -0.2) is 44.2 Å². The summed E-state index contributed by atoms with van der Waals surface area (Å²) in [4.78, 5) is 0. The Morgan fingerprint density at radius 3 is 2.69 bits per heavy atom. The van der Waals surface area contributed by atoms with Crippen molar-refractivity contribution in [2.45, 2.75) is 38.4 Å². The van der Waals surface area contributed by atoms with Gasteiger partial charge >= 0.3 is 0 Å². The molecule has 4 nitrogen and oxygen atoms in total. The van der Waals surface area contributed by atoms with Crippen LogP contribution in [0.4, 0.5) is 0 Å². The van der Waals surface area contributed by atoms with Crippen LogP contribution in [0.1, 0.15) is 33.1 Å². The van der Waals surface area contributed by atoms with Crippen LogP contribution in [0.3, 0.4) is 0 Å². The summed E-state index contributed by atoms with van der Waals surface area (Å²) in [7, 11) is -3.06. The molecule has 0 aromatic heterocycles. The maximum Gasteiger partial charge on any atom is 0.218 e. The molecular formula is C11H22N2O2S. The minimum Gasteiger partial charge on any atom is -0.315 e. The lowest BCUT2D eigenvalue weighted by molar-refractivity contribution is 0.186. The first-order valence-electron chi connectivity index (χ1n) is 6.11. The number of hydrogen-bond acceptors (Lipinski definition) is 3. The average molecular weight is 246 g/mol. The van der Waals surface area contributed by atoms with E-state index in [0.29, 0.717) is 19.6 Å². The molecule has 2 fully saturated rings. The van der Waals surface area contributed by atoms with E-state index in [0.717, 1.165) is 25.8 Å². The summed E-state index contributed by atoms with van der Waals surface area (Å²) in [5, 5.41) is 2.94. The first-order valence-corrected chi connectivity index (χ1v) is 7.62. The monoisotopic (exact) mass is 246 g/mol. The number of piperidine rings is 1. The number of sulfonamides is 1. The van der Waals surface area contributed by atoms with Crippen LogP contribution in [0.15, 0.2) is 0 Å². The Balaban J connectivity index is 2.11. The van der Waals surface area contributed by atoms with Crippen LogP contribution >= 0.6 is 0 Å². The van der Waals surface area contributed by atoms with Gasteiger partial charge in [0.05, 0.1) is 5.25 Å². The summed E-state index contributed by atoms with van der Waals surface area (Å²) in [5.74, 6) is 0. The predicted octanol–water partition coefficient (Wildman–Crippen LogP) is 0.800. The normalized spacial score (nSPS) is 31.8. The highest BCUT2D eigenvalue weighted by molar-refractivity contribution is 7.89. The molecule has 2 heterocycles. The summed E-state index contributed by atoms with van der Waals surface area (Å²) < 4.78 is 26.4. The standard InChI is InChI=1S/C11H22N2O2S/c1-11(2)5-3-7-13(9-11)16(14,15)10-4-6-12-8-10/h10,12H,3-9H2,1-2H3. The molecule has 0 spiro atoms. The fourth-order valence-electron chi connectivity index (χ4n) is 2.68. The maximum absolute atomic E-state index is 12.4. The van der Waals surface area contributed by atoms with E-state index < -0.39 is 10.0 Å². The molecule has 2 rings (SSSR count). The van der Waals surface area contributed by atoms with Gasteiger partial charge in [-0.3, -0.25) is 0 Å². The van der Waals surface area contributed by atoms with E-state index in [2.05, 4.69) is 19.2 Å². The third-order valence-corrected chi connectivity index (χ3v) is 5.94. The van der Waals surface area contributed by atoms with E-state index >= 15 is 0 Å². The van der Waals surface area contributed by atoms with Gasteiger partial charge in [0.2, 0.25) is 10.0 Å². The summed E-state index contributed by atoms with van der Waals surface area (Å²) >= 11 is 0. The zero-order valence-electron chi connectivity index (χ0n) is 10.2. The Labute approximate surface area is 98.4 Å². The van der Waals surface area contributed by atoms with Gasteiger partial charge < -0.3 is 5.32 Å². The summed E-state index contributed by atoms with van der Waals surface area (Å²) in [6, 6.07) is 0.